The molecule has 0 saturated carbocycles. The number of benzene rings is 7. The van der Waals surface area contributed by atoms with Gasteiger partial charge in [-0.2, -0.15) is 0 Å². The summed E-state index contributed by atoms with van der Waals surface area (Å²) in [6.07, 6.45) is -0.945. The number of morpholine rings is 1. The number of nitrogens with one attached hydrogen (secondary N) is 2. The molecule has 5 heterocycles. The lowest BCUT2D eigenvalue weighted by Crippen LogP contribution is -2.55. The number of amides is 4. The van der Waals surface area contributed by atoms with E-state index in [1.807, 2.05) is 157 Å². The lowest BCUT2D eigenvalue weighted by Gasteiger charge is -2.46. The summed E-state index contributed by atoms with van der Waals surface area (Å²) in [5, 5.41) is 25.0. The molecule has 9 aromatic rings. The number of aromatic nitrogens is 4. The third kappa shape index (κ3) is 8.31. The Hall–Kier alpha value is -9.01. The van der Waals surface area contributed by atoms with Gasteiger partial charge in [0.15, 0.2) is 5.13 Å². The van der Waals surface area contributed by atoms with Crippen molar-refractivity contribution in [3.63, 3.8) is 0 Å². The predicted octanol–water partition coefficient (Wildman–Crippen LogP) is 9.24. The van der Waals surface area contributed by atoms with E-state index in [4.69, 9.17) is 14.5 Å². The number of para-hydroxylation sites is 2. The summed E-state index contributed by atoms with van der Waals surface area (Å²) >= 11 is 1.26. The number of fused-ring (bicyclic) bond motifs is 5. The van der Waals surface area contributed by atoms with Gasteiger partial charge in [-0.05, 0) is 89.3 Å². The molecule has 0 aliphatic carbocycles. The fourth-order valence-corrected chi connectivity index (χ4v) is 12.2. The van der Waals surface area contributed by atoms with Crippen molar-refractivity contribution in [3.05, 3.63) is 215 Å². The molecule has 0 radical (unpaired) electrons. The van der Waals surface area contributed by atoms with Gasteiger partial charge in [0.2, 0.25) is 11.8 Å². The highest BCUT2D eigenvalue weighted by atomic mass is 32.1. The molecule has 15 nitrogen and oxygen atoms in total. The lowest BCUT2D eigenvalue weighted by atomic mass is 9.65. The van der Waals surface area contributed by atoms with E-state index in [0.29, 0.717) is 39.0 Å². The van der Waals surface area contributed by atoms with Crippen LogP contribution in [0.2, 0.25) is 0 Å². The minimum Gasteiger partial charge on any atom is -0.491 e. The first-order valence-corrected chi connectivity index (χ1v) is 25.7. The number of esters is 1. The average Bonchev–Trinajstić information content (AvgIpc) is 4.29. The molecule has 4 amide bonds. The largest absolute Gasteiger partial charge is 0.491 e. The van der Waals surface area contributed by atoms with Gasteiger partial charge in [-0.1, -0.05) is 156 Å². The van der Waals surface area contributed by atoms with E-state index >= 15 is 19.2 Å². The zero-order valence-corrected chi connectivity index (χ0v) is 41.7. The van der Waals surface area contributed by atoms with Gasteiger partial charge >= 0.3 is 12.0 Å². The Bertz CT molecular complexity index is 3720. The maximum absolute atomic E-state index is 16.9. The van der Waals surface area contributed by atoms with Crippen LogP contribution in [0.4, 0.5) is 15.6 Å². The Kier molecular flexibility index (Phi) is 12.6. The number of anilines is 2. The number of ether oxygens (including phenoxy) is 2. The first-order valence-electron chi connectivity index (χ1n) is 24.9. The monoisotopic (exact) mass is 1020 g/mol. The number of cyclic esters (lactones) is 1. The summed E-state index contributed by atoms with van der Waals surface area (Å²) in [5.74, 6) is 3.12. The number of urea groups is 1. The van der Waals surface area contributed by atoms with E-state index in [9.17, 15) is 5.11 Å². The number of carbonyl (C=O) groups is 4. The van der Waals surface area contributed by atoms with Crippen molar-refractivity contribution in [1.29, 1.82) is 0 Å². The molecule has 376 valence electrons. The summed E-state index contributed by atoms with van der Waals surface area (Å²) in [4.78, 5) is 71.9. The maximum atomic E-state index is 16.9. The number of aliphatic hydroxyl groups is 1. The molecule has 7 aromatic carbocycles. The van der Waals surface area contributed by atoms with E-state index in [0.717, 1.165) is 26.2 Å². The van der Waals surface area contributed by atoms with Crippen molar-refractivity contribution < 1.29 is 33.8 Å². The van der Waals surface area contributed by atoms with E-state index < -0.39 is 65.4 Å². The normalized spacial score (nSPS) is 21.1. The van der Waals surface area contributed by atoms with Crippen molar-refractivity contribution in [3.8, 4) is 17.6 Å². The van der Waals surface area contributed by atoms with Gasteiger partial charge in [0.25, 0.3) is 0 Å². The molecule has 3 N–H and O–H groups in total. The minimum absolute atomic E-state index is 0.0322. The van der Waals surface area contributed by atoms with Gasteiger partial charge in [-0.15, -0.1) is 5.10 Å². The van der Waals surface area contributed by atoms with Crippen LogP contribution in [-0.4, -0.2) is 73.1 Å². The predicted molar refractivity (Wildman–Crippen MR) is 287 cm³/mol. The van der Waals surface area contributed by atoms with Crippen molar-refractivity contribution in [2.24, 2.45) is 5.92 Å². The summed E-state index contributed by atoms with van der Waals surface area (Å²) < 4.78 is 15.2. The standard InChI is InChI=1S/C60H48N8O7S/c1-37(39-18-5-2-6-19-39)61-59(73)67-47-31-30-38(17-16-32-66-48-28-13-11-26-45(48)64-65-66)35-44(47)60(57(67)72)50(55(70)63-58-62-46-27-12-14-29-49(46)76-58)52-56(71)75-53(41-22-9-4-10-23-41)51(40-20-7-3-8-21-40)68(52)54(60)42-24-15-25-43(36-42)74-34-33-69/h2-15,18-31,35-37,50-54,69H,32-34H2,1H3,(H,61,73)(H,62,63,70)/t37-,50+,51+,52+,53-,54-,60+/m1/s1. The van der Waals surface area contributed by atoms with Crippen LogP contribution in [0.15, 0.2) is 182 Å². The smallest absolute Gasteiger partial charge is 0.329 e. The molecule has 0 bridgehead atoms. The Balaban J connectivity index is 1.12. The maximum Gasteiger partial charge on any atom is 0.329 e. The first kappa shape index (κ1) is 48.0. The van der Waals surface area contributed by atoms with Crippen LogP contribution in [0, 0.1) is 17.8 Å². The van der Waals surface area contributed by atoms with E-state index in [2.05, 4.69) is 32.8 Å². The van der Waals surface area contributed by atoms with E-state index in [1.54, 1.807) is 41.1 Å². The van der Waals surface area contributed by atoms with E-state index in [1.165, 1.54) is 11.3 Å². The van der Waals surface area contributed by atoms with Crippen molar-refractivity contribution >= 4 is 67.2 Å². The highest BCUT2D eigenvalue weighted by Crippen LogP contribution is 2.66. The number of hydrogen-bond donors (Lipinski definition) is 3. The first-order chi connectivity index (χ1) is 37.2. The van der Waals surface area contributed by atoms with Crippen LogP contribution < -0.4 is 20.3 Å². The Morgan fingerprint density at radius 1 is 0.789 bits per heavy atom. The molecular formula is C60H48N8O7S. The third-order valence-electron chi connectivity index (χ3n) is 14.5. The number of thiazole rings is 1. The van der Waals surface area contributed by atoms with Gasteiger partial charge in [0, 0.05) is 5.56 Å². The zero-order chi connectivity index (χ0) is 51.9. The van der Waals surface area contributed by atoms with Gasteiger partial charge in [0.1, 0.15) is 42.0 Å². The lowest BCUT2D eigenvalue weighted by molar-refractivity contribution is -0.177. The second-order valence-electron chi connectivity index (χ2n) is 18.9. The molecule has 2 aromatic heterocycles. The van der Waals surface area contributed by atoms with Gasteiger partial charge in [-0.25, -0.2) is 19.4 Å². The fraction of sp³-hybridized carbons (Fsp3) is 0.183. The molecule has 1 spiro atoms. The molecule has 76 heavy (non-hydrogen) atoms. The van der Waals surface area contributed by atoms with Crippen molar-refractivity contribution in [1.82, 2.24) is 30.2 Å². The number of carbonyl (C=O) groups excluding carboxylic acids is 4. The van der Waals surface area contributed by atoms with Crippen LogP contribution >= 0.6 is 11.3 Å². The topological polar surface area (TPSA) is 181 Å². The quantitative estimate of drug-likeness (QED) is 0.0830. The van der Waals surface area contributed by atoms with Gasteiger partial charge in [0.05, 0.1) is 52.1 Å². The molecular weight excluding hydrogens is 977 g/mol. The minimum atomic E-state index is -2.10. The Labute approximate surface area is 440 Å². The van der Waals surface area contributed by atoms with Gasteiger partial charge in [-0.3, -0.25) is 19.3 Å². The van der Waals surface area contributed by atoms with Crippen molar-refractivity contribution in [2.75, 3.05) is 23.4 Å². The number of hydrogen-bond acceptors (Lipinski definition) is 12. The molecule has 16 heteroatoms. The number of nitrogens with zero attached hydrogens (tertiary/aromatic N) is 6. The molecule has 3 aliphatic rings. The summed E-state index contributed by atoms with van der Waals surface area (Å²) in [6, 6.07) is 50.9. The number of rotatable bonds is 11. The number of aliphatic hydroxyl groups excluding tert-OH is 1. The molecule has 3 aliphatic heterocycles. The third-order valence-corrected chi connectivity index (χ3v) is 15.5. The molecule has 2 saturated heterocycles. The van der Waals surface area contributed by atoms with Crippen LogP contribution in [0.25, 0.3) is 21.3 Å². The van der Waals surface area contributed by atoms with Gasteiger partial charge < -0.3 is 25.2 Å². The number of imide groups is 1. The Morgan fingerprint density at radius 2 is 1.49 bits per heavy atom. The summed E-state index contributed by atoms with van der Waals surface area (Å²) in [6.45, 7) is 1.70. The highest BCUT2D eigenvalue weighted by Gasteiger charge is 2.75. The van der Waals surface area contributed by atoms with Crippen LogP contribution in [0.3, 0.4) is 0 Å². The second kappa shape index (κ2) is 20.0. The molecule has 2 fully saturated rings. The van der Waals surface area contributed by atoms with Crippen molar-refractivity contribution in [2.45, 2.75) is 49.2 Å². The molecule has 7 atom stereocenters. The van der Waals surface area contributed by atoms with E-state index in [-0.39, 0.29) is 30.6 Å². The highest BCUT2D eigenvalue weighted by molar-refractivity contribution is 7.22. The zero-order valence-electron chi connectivity index (χ0n) is 40.9. The van der Waals surface area contributed by atoms with Crippen LogP contribution in [0.5, 0.6) is 5.75 Å². The summed E-state index contributed by atoms with van der Waals surface area (Å²) in [5.41, 5.74) is 3.75. The van der Waals surface area contributed by atoms with Crippen LogP contribution in [-0.2, 0) is 31.1 Å². The molecule has 12 rings (SSSR count). The second-order valence-corrected chi connectivity index (χ2v) is 19.9. The molecule has 0 unspecified atom stereocenters. The SMILES string of the molecule is C[C@@H](NC(=O)N1C(=O)[C@@]2(c3cc(C#CCn4nnc5ccccc54)ccc31)[C@H](C(=O)Nc1nc3ccccc3s1)[C@H]1C(=O)O[C@H](c3ccccc3)[C@H](c3ccccc3)N1[C@@H]2c1cccc(OCCO)c1)c1ccccc1. The average molecular weight is 1030 g/mol. The summed E-state index contributed by atoms with van der Waals surface area (Å²) in [7, 11) is 0. The fourth-order valence-electron chi connectivity index (χ4n) is 11.4. The van der Waals surface area contributed by atoms with Crippen LogP contribution in [0.1, 0.15) is 64.5 Å². The Morgan fingerprint density at radius 3 is 2.25 bits per heavy atom.